The normalized spacial score (nSPS) is 41.2. The molecule has 5 heterocycles. The van der Waals surface area contributed by atoms with Gasteiger partial charge in [-0.1, -0.05) is 0 Å². The van der Waals surface area contributed by atoms with Crippen LogP contribution in [0.3, 0.4) is 0 Å². The SMILES string of the molecule is COC1=CC(/C2=C3\CC/C(=C(\C4C=C(OC)CC(OC)C4)C4CC/C(=C(\C5C=C(OC)CC(OC)C5)C5CCC(N5)/C(C5C=C(OC)CC(OC)C5)=C5/CCC2N5)N4)N3)CC(OC)C1. The molecule has 4 N–H and O–H groups in total. The summed E-state index contributed by atoms with van der Waals surface area (Å²) in [7, 11) is 14.6. The molecular weight excluding hydrogens is 809 g/mol. The first kappa shape index (κ1) is 45.5. The summed E-state index contributed by atoms with van der Waals surface area (Å²) in [5.41, 5.74) is 11.3. The van der Waals surface area contributed by atoms with E-state index in [1.54, 1.807) is 14.2 Å². The summed E-state index contributed by atoms with van der Waals surface area (Å²) in [6, 6.07) is 0.702. The summed E-state index contributed by atoms with van der Waals surface area (Å²) in [5, 5.41) is 17.2. The molecule has 8 bridgehead atoms. The summed E-state index contributed by atoms with van der Waals surface area (Å²) < 4.78 is 48.5. The van der Waals surface area contributed by atoms with Crippen molar-refractivity contribution in [3.8, 4) is 0 Å². The lowest BCUT2D eigenvalue weighted by Crippen LogP contribution is -2.41. The molecule has 0 aromatic rings. The molecule has 12 unspecified atom stereocenters. The van der Waals surface area contributed by atoms with Crippen molar-refractivity contribution in [3.05, 3.63) is 92.4 Å². The molecule has 12 nitrogen and oxygen atoms in total. The first-order valence-electron chi connectivity index (χ1n) is 24.3. The number of methoxy groups -OCH3 is 8. The zero-order valence-electron chi connectivity index (χ0n) is 39.8. The van der Waals surface area contributed by atoms with Gasteiger partial charge in [0.25, 0.3) is 0 Å². The highest BCUT2D eigenvalue weighted by Gasteiger charge is 2.44. The summed E-state index contributed by atoms with van der Waals surface area (Å²) in [5.74, 6) is 4.76. The zero-order chi connectivity index (χ0) is 44.5. The first-order valence-corrected chi connectivity index (χ1v) is 24.3. The van der Waals surface area contributed by atoms with Crippen LogP contribution in [-0.2, 0) is 37.9 Å². The molecule has 5 aliphatic heterocycles. The van der Waals surface area contributed by atoms with Gasteiger partial charge in [0.15, 0.2) is 0 Å². The van der Waals surface area contributed by atoms with Gasteiger partial charge in [0, 0.05) is 125 Å². The molecule has 4 aliphatic carbocycles. The van der Waals surface area contributed by atoms with Crippen molar-refractivity contribution in [2.24, 2.45) is 23.7 Å². The average molecular weight is 885 g/mol. The Labute approximate surface area is 382 Å². The van der Waals surface area contributed by atoms with Crippen molar-refractivity contribution in [3.63, 3.8) is 0 Å². The van der Waals surface area contributed by atoms with E-state index in [0.29, 0.717) is 0 Å². The van der Waals surface area contributed by atoms with Gasteiger partial charge in [-0.3, -0.25) is 0 Å². The Morgan fingerprint density at radius 1 is 0.375 bits per heavy atom. The number of hydrogen-bond donors (Lipinski definition) is 4. The average Bonchev–Trinajstić information content (AvgIpc) is 4.19. The second-order valence-electron chi connectivity index (χ2n) is 19.6. The van der Waals surface area contributed by atoms with Gasteiger partial charge in [0.2, 0.25) is 0 Å². The lowest BCUT2D eigenvalue weighted by molar-refractivity contribution is 0.0657. The number of nitrogens with one attached hydrogen (secondary N) is 4. The summed E-state index contributed by atoms with van der Waals surface area (Å²) >= 11 is 0. The summed E-state index contributed by atoms with van der Waals surface area (Å²) in [6.45, 7) is 0. The van der Waals surface area contributed by atoms with E-state index < -0.39 is 0 Å². The van der Waals surface area contributed by atoms with Gasteiger partial charge in [-0.05, 0) is 124 Å². The highest BCUT2D eigenvalue weighted by Crippen LogP contribution is 2.47. The second kappa shape index (κ2) is 20.0. The Balaban J connectivity index is 1.23. The van der Waals surface area contributed by atoms with E-state index in [-0.39, 0.29) is 72.3 Å². The number of ether oxygens (including phenoxy) is 8. The molecular formula is C52H76N4O8. The number of rotatable bonds is 12. The molecule has 0 aromatic carbocycles. The quantitative estimate of drug-likeness (QED) is 0.153. The minimum atomic E-state index is 0.0915. The molecule has 12 atom stereocenters. The highest BCUT2D eigenvalue weighted by molar-refractivity contribution is 5.43. The molecule has 9 aliphatic rings. The van der Waals surface area contributed by atoms with Crippen LogP contribution in [-0.4, -0.2) is 105 Å². The third-order valence-corrected chi connectivity index (χ3v) is 16.3. The van der Waals surface area contributed by atoms with E-state index >= 15 is 0 Å². The van der Waals surface area contributed by atoms with Crippen LogP contribution in [0.1, 0.15) is 103 Å². The molecule has 352 valence electrons. The highest BCUT2D eigenvalue weighted by atomic mass is 16.5. The zero-order valence-corrected chi connectivity index (χ0v) is 39.8. The molecule has 12 heteroatoms. The van der Waals surface area contributed by atoms with Gasteiger partial charge in [0.05, 0.1) is 75.9 Å². The molecule has 0 spiro atoms. The molecule has 0 radical (unpaired) electrons. The van der Waals surface area contributed by atoms with Crippen LogP contribution < -0.4 is 21.3 Å². The van der Waals surface area contributed by atoms with E-state index in [1.807, 2.05) is 42.7 Å². The van der Waals surface area contributed by atoms with Crippen LogP contribution in [0, 0.1) is 23.7 Å². The topological polar surface area (TPSA) is 122 Å². The molecule has 64 heavy (non-hydrogen) atoms. The number of fused-ring (bicyclic) bond motifs is 8. The van der Waals surface area contributed by atoms with Crippen LogP contribution >= 0.6 is 0 Å². The molecule has 0 aromatic heterocycles. The minimum absolute atomic E-state index is 0.0915. The Bertz CT molecular complexity index is 1860. The number of allylic oxidation sites excluding steroid dienone is 8. The maximum Gasteiger partial charge on any atom is 0.0947 e. The summed E-state index contributed by atoms with van der Waals surface area (Å²) in [6.07, 6.45) is 24.9. The Morgan fingerprint density at radius 3 is 0.984 bits per heavy atom. The fourth-order valence-electron chi connectivity index (χ4n) is 13.2. The van der Waals surface area contributed by atoms with Crippen LogP contribution in [0.2, 0.25) is 0 Å². The molecule has 0 saturated carbocycles. The van der Waals surface area contributed by atoms with Gasteiger partial charge < -0.3 is 59.2 Å². The van der Waals surface area contributed by atoms with Crippen molar-refractivity contribution >= 4 is 0 Å². The van der Waals surface area contributed by atoms with Gasteiger partial charge in [-0.15, -0.1) is 0 Å². The molecule has 9 rings (SSSR count). The third kappa shape index (κ3) is 9.20. The third-order valence-electron chi connectivity index (χ3n) is 16.3. The van der Waals surface area contributed by atoms with E-state index in [2.05, 4.69) is 45.6 Å². The molecule has 4 fully saturated rings. The fourth-order valence-corrected chi connectivity index (χ4v) is 13.2. The van der Waals surface area contributed by atoms with Crippen molar-refractivity contribution in [2.45, 2.75) is 151 Å². The Morgan fingerprint density at radius 2 is 0.688 bits per heavy atom. The molecule has 4 saturated heterocycles. The van der Waals surface area contributed by atoms with E-state index in [4.69, 9.17) is 37.9 Å². The smallest absolute Gasteiger partial charge is 0.0947 e. The maximum absolute atomic E-state index is 6.12. The lowest BCUT2D eigenvalue weighted by Gasteiger charge is -2.35. The van der Waals surface area contributed by atoms with Crippen molar-refractivity contribution in [2.75, 3.05) is 56.9 Å². The van der Waals surface area contributed by atoms with Crippen LogP contribution in [0.5, 0.6) is 0 Å². The first-order chi connectivity index (χ1) is 31.3. The monoisotopic (exact) mass is 885 g/mol. The predicted molar refractivity (Wildman–Crippen MR) is 247 cm³/mol. The van der Waals surface area contributed by atoms with E-state index in [0.717, 1.165) is 126 Å². The van der Waals surface area contributed by atoms with E-state index in [9.17, 15) is 0 Å². The number of hydrogen-bond acceptors (Lipinski definition) is 12. The van der Waals surface area contributed by atoms with Crippen molar-refractivity contribution in [1.82, 2.24) is 21.3 Å². The largest absolute Gasteiger partial charge is 0.501 e. The van der Waals surface area contributed by atoms with Gasteiger partial charge >= 0.3 is 0 Å². The van der Waals surface area contributed by atoms with Gasteiger partial charge in [-0.25, -0.2) is 0 Å². The van der Waals surface area contributed by atoms with E-state index in [1.165, 1.54) is 45.1 Å². The lowest BCUT2D eigenvalue weighted by atomic mass is 9.81. The Hall–Kier alpha value is -3.68. The van der Waals surface area contributed by atoms with Crippen LogP contribution in [0.4, 0.5) is 0 Å². The predicted octanol–water partition coefficient (Wildman–Crippen LogP) is 7.85. The maximum atomic E-state index is 6.12. The Kier molecular flexibility index (Phi) is 14.2. The van der Waals surface area contributed by atoms with Crippen LogP contribution in [0.15, 0.2) is 92.4 Å². The fraction of sp³-hybridized carbons (Fsp3) is 0.692. The van der Waals surface area contributed by atoms with Gasteiger partial charge in [0.1, 0.15) is 0 Å². The minimum Gasteiger partial charge on any atom is -0.501 e. The van der Waals surface area contributed by atoms with Crippen LogP contribution in [0.25, 0.3) is 0 Å². The van der Waals surface area contributed by atoms with Gasteiger partial charge in [-0.2, -0.15) is 0 Å². The second-order valence-corrected chi connectivity index (χ2v) is 19.6. The molecule has 0 amide bonds. The van der Waals surface area contributed by atoms with Crippen molar-refractivity contribution < 1.29 is 37.9 Å². The van der Waals surface area contributed by atoms with Crippen molar-refractivity contribution in [1.29, 1.82) is 0 Å². The standard InChI is InChI=1S/C52H76N4O8/c1-57-33-17-29(18-34(25-33)58-2)49-41-9-11-43(53-41)50(30-19-35(59-3)26-36(20-30)60-4)45-13-15-47(55-45)52(32-23-39(63-7)28-40(24-32)64-8)48-16-14-46(56-48)51(44-12-10-42(49)54-44)31-21-37(61-5)27-38(22-31)62-6/h17,19,21,23,29-32,34,36,38,40-41,43-44,47,53-56H,9-16,18,20,22,24-28H2,1-8H3/b49-42-,50-45-,51-46-,52-48-. The summed E-state index contributed by atoms with van der Waals surface area (Å²) in [4.78, 5) is 0.